The molecule has 0 atom stereocenters. The van der Waals surface area contributed by atoms with Crippen molar-refractivity contribution in [3.63, 3.8) is 0 Å². The molecule has 0 aliphatic heterocycles. The molecule has 2 aromatic carbocycles. The van der Waals surface area contributed by atoms with Gasteiger partial charge in [-0.3, -0.25) is 14.0 Å². The van der Waals surface area contributed by atoms with Crippen molar-refractivity contribution in [1.82, 2.24) is 19.2 Å². The van der Waals surface area contributed by atoms with Crippen LogP contribution in [0.4, 0.5) is 0 Å². The number of thioether (sulfide) groups is 1. The van der Waals surface area contributed by atoms with Gasteiger partial charge in [-0.15, -0.1) is 21.5 Å². The predicted octanol–water partition coefficient (Wildman–Crippen LogP) is 5.00. The Morgan fingerprint density at radius 3 is 2.62 bits per heavy atom. The molecule has 0 unspecified atom stereocenters. The van der Waals surface area contributed by atoms with Crippen molar-refractivity contribution in [2.24, 2.45) is 0 Å². The highest BCUT2D eigenvalue weighted by Crippen LogP contribution is 2.29. The summed E-state index contributed by atoms with van der Waals surface area (Å²) in [6, 6.07) is 14.9. The highest BCUT2D eigenvalue weighted by atomic mass is 32.2. The molecule has 5 aromatic rings. The highest BCUT2D eigenvalue weighted by Gasteiger charge is 2.21. The van der Waals surface area contributed by atoms with Gasteiger partial charge in [0.15, 0.2) is 10.9 Å². The standard InChI is InChI=1S/C25H22N4O3S2/c1-14-9-10-22(32-4)20(11-14)28-23(31)17-7-5-6-8-19(17)29-24(28)26-27-25(29)33-13-21(30)18-12-15(2)34-16(18)3/h5-12H,13H2,1-4H3. The normalized spacial score (nSPS) is 11.4. The molecule has 9 heteroatoms. The topological polar surface area (TPSA) is 78.5 Å². The Hall–Kier alpha value is -3.43. The fourth-order valence-corrected chi connectivity index (χ4v) is 5.85. The molecule has 3 aromatic heterocycles. The van der Waals surface area contributed by atoms with Crippen LogP contribution in [0.1, 0.15) is 25.7 Å². The summed E-state index contributed by atoms with van der Waals surface area (Å²) in [5, 5.41) is 9.81. The summed E-state index contributed by atoms with van der Waals surface area (Å²) >= 11 is 2.93. The van der Waals surface area contributed by atoms with E-state index in [2.05, 4.69) is 10.2 Å². The number of aryl methyl sites for hydroxylation is 3. The van der Waals surface area contributed by atoms with E-state index in [0.717, 1.165) is 20.9 Å². The largest absolute Gasteiger partial charge is 0.495 e. The van der Waals surface area contributed by atoms with Gasteiger partial charge in [-0.25, -0.2) is 4.57 Å². The lowest BCUT2D eigenvalue weighted by molar-refractivity contribution is 0.102. The lowest BCUT2D eigenvalue weighted by Crippen LogP contribution is -2.22. The van der Waals surface area contributed by atoms with Crippen LogP contribution in [-0.2, 0) is 0 Å². The van der Waals surface area contributed by atoms with Crippen molar-refractivity contribution in [2.45, 2.75) is 25.9 Å². The molecule has 0 fully saturated rings. The van der Waals surface area contributed by atoms with Crippen LogP contribution in [0.5, 0.6) is 5.75 Å². The third-order valence-electron chi connectivity index (χ3n) is 5.64. The SMILES string of the molecule is COc1ccc(C)cc1-n1c(=O)c2ccccc2n2c(SCC(=O)c3cc(C)sc3C)nnc12. The second-order valence-corrected chi connectivity index (χ2v) is 10.4. The molecule has 5 rings (SSSR count). The molecule has 0 aliphatic carbocycles. The number of methoxy groups -OCH3 is 1. The first-order valence-electron chi connectivity index (χ1n) is 10.7. The molecule has 0 saturated carbocycles. The third kappa shape index (κ3) is 3.70. The van der Waals surface area contributed by atoms with E-state index in [1.165, 1.54) is 16.3 Å². The number of ether oxygens (including phenoxy) is 1. The van der Waals surface area contributed by atoms with Crippen molar-refractivity contribution in [3.8, 4) is 11.4 Å². The first-order valence-corrected chi connectivity index (χ1v) is 12.5. The summed E-state index contributed by atoms with van der Waals surface area (Å²) in [6.45, 7) is 5.92. The fourth-order valence-electron chi connectivity index (χ4n) is 4.08. The van der Waals surface area contributed by atoms with E-state index in [1.54, 1.807) is 24.5 Å². The van der Waals surface area contributed by atoms with Gasteiger partial charge in [0.05, 0.1) is 29.5 Å². The summed E-state index contributed by atoms with van der Waals surface area (Å²) < 4.78 is 8.92. The van der Waals surface area contributed by atoms with E-state index in [-0.39, 0.29) is 17.1 Å². The van der Waals surface area contributed by atoms with Gasteiger partial charge in [0.1, 0.15) is 5.75 Å². The minimum absolute atomic E-state index is 0.0431. The fraction of sp³-hybridized carbons (Fsp3) is 0.200. The molecule has 0 N–H and O–H groups in total. The van der Waals surface area contributed by atoms with Crippen molar-refractivity contribution < 1.29 is 9.53 Å². The summed E-state index contributed by atoms with van der Waals surface area (Å²) in [5.41, 5.74) is 2.79. The number of benzene rings is 2. The van der Waals surface area contributed by atoms with E-state index < -0.39 is 0 Å². The number of carbonyl (C=O) groups is 1. The van der Waals surface area contributed by atoms with Crippen LogP contribution < -0.4 is 10.3 Å². The second-order valence-electron chi connectivity index (χ2n) is 7.99. The number of hydrogen-bond donors (Lipinski definition) is 0. The molecule has 34 heavy (non-hydrogen) atoms. The van der Waals surface area contributed by atoms with E-state index in [1.807, 2.05) is 67.6 Å². The van der Waals surface area contributed by atoms with Gasteiger partial charge in [0.2, 0.25) is 5.78 Å². The summed E-state index contributed by atoms with van der Waals surface area (Å²) in [7, 11) is 1.57. The number of Topliss-reactive ketones (excluding diaryl/α,β-unsaturated/α-hetero) is 1. The second kappa shape index (κ2) is 8.73. The molecule has 0 amide bonds. The molecule has 0 saturated heterocycles. The number of hydrogen-bond acceptors (Lipinski definition) is 7. The Bertz CT molecular complexity index is 1630. The molecule has 3 heterocycles. The van der Waals surface area contributed by atoms with Crippen LogP contribution in [0.2, 0.25) is 0 Å². The minimum Gasteiger partial charge on any atom is -0.495 e. The van der Waals surface area contributed by atoms with Gasteiger partial charge in [-0.2, -0.15) is 0 Å². The number of fused-ring (bicyclic) bond motifs is 3. The maximum atomic E-state index is 13.6. The lowest BCUT2D eigenvalue weighted by atomic mass is 10.2. The third-order valence-corrected chi connectivity index (χ3v) is 7.54. The average Bonchev–Trinajstić information content (AvgIpc) is 3.40. The van der Waals surface area contributed by atoms with Crippen LogP contribution in [-0.4, -0.2) is 37.8 Å². The summed E-state index contributed by atoms with van der Waals surface area (Å²) in [6.07, 6.45) is 0. The maximum Gasteiger partial charge on any atom is 0.267 e. The molecule has 172 valence electrons. The Morgan fingerprint density at radius 2 is 1.88 bits per heavy atom. The first kappa shape index (κ1) is 22.4. The smallest absolute Gasteiger partial charge is 0.267 e. The van der Waals surface area contributed by atoms with Crippen molar-refractivity contribution in [2.75, 3.05) is 12.9 Å². The van der Waals surface area contributed by atoms with Crippen molar-refractivity contribution in [1.29, 1.82) is 0 Å². The Labute approximate surface area is 204 Å². The molecule has 0 aliphatic rings. The van der Waals surface area contributed by atoms with Gasteiger partial charge in [-0.1, -0.05) is 30.0 Å². The Kier molecular flexibility index (Phi) is 5.75. The predicted molar refractivity (Wildman–Crippen MR) is 136 cm³/mol. The molecule has 7 nitrogen and oxygen atoms in total. The maximum absolute atomic E-state index is 13.6. The lowest BCUT2D eigenvalue weighted by Gasteiger charge is -2.14. The van der Waals surface area contributed by atoms with E-state index in [9.17, 15) is 9.59 Å². The van der Waals surface area contributed by atoms with Crippen molar-refractivity contribution >= 4 is 45.6 Å². The zero-order chi connectivity index (χ0) is 24.0. The van der Waals surface area contributed by atoms with Gasteiger partial charge in [0.25, 0.3) is 5.56 Å². The highest BCUT2D eigenvalue weighted by molar-refractivity contribution is 7.99. The molecule has 0 bridgehead atoms. The quantitative estimate of drug-likeness (QED) is 0.246. The van der Waals surface area contributed by atoms with Gasteiger partial charge < -0.3 is 4.74 Å². The van der Waals surface area contributed by atoms with Crippen LogP contribution >= 0.6 is 23.1 Å². The summed E-state index contributed by atoms with van der Waals surface area (Å²) in [5.74, 6) is 1.19. The molecular formula is C25H22N4O3S2. The number of ketones is 1. The zero-order valence-corrected chi connectivity index (χ0v) is 20.8. The van der Waals surface area contributed by atoms with Gasteiger partial charge >= 0.3 is 0 Å². The van der Waals surface area contributed by atoms with Crippen LogP contribution in [0.3, 0.4) is 0 Å². The number of aromatic nitrogens is 4. The van der Waals surface area contributed by atoms with Crippen LogP contribution in [0.25, 0.3) is 22.4 Å². The average molecular weight is 491 g/mol. The number of carbonyl (C=O) groups excluding carboxylic acids is 1. The van der Waals surface area contributed by atoms with Crippen LogP contribution in [0, 0.1) is 20.8 Å². The van der Waals surface area contributed by atoms with Crippen molar-refractivity contribution in [3.05, 3.63) is 79.8 Å². The summed E-state index contributed by atoms with van der Waals surface area (Å²) in [4.78, 5) is 28.6. The number of para-hydroxylation sites is 1. The zero-order valence-electron chi connectivity index (χ0n) is 19.2. The monoisotopic (exact) mass is 490 g/mol. The molecule has 0 spiro atoms. The first-order chi connectivity index (χ1) is 16.4. The van der Waals surface area contributed by atoms with Gasteiger partial charge in [-0.05, 0) is 56.7 Å². The number of thiophene rings is 1. The minimum atomic E-state index is -0.212. The Morgan fingerprint density at radius 1 is 1.09 bits per heavy atom. The molecule has 0 radical (unpaired) electrons. The Balaban J connectivity index is 1.68. The van der Waals surface area contributed by atoms with E-state index >= 15 is 0 Å². The number of rotatable bonds is 6. The van der Waals surface area contributed by atoms with E-state index in [0.29, 0.717) is 33.3 Å². The van der Waals surface area contributed by atoms with E-state index in [4.69, 9.17) is 4.74 Å². The number of nitrogens with zero attached hydrogens (tertiary/aromatic N) is 4. The molecular weight excluding hydrogens is 468 g/mol. The van der Waals surface area contributed by atoms with Crippen LogP contribution in [0.15, 0.2) is 58.5 Å². The van der Waals surface area contributed by atoms with Gasteiger partial charge in [0, 0.05) is 15.3 Å².